The van der Waals surface area contributed by atoms with Gasteiger partial charge >= 0.3 is 5.97 Å². The molecule has 1 aliphatic heterocycles. The molecule has 1 unspecified atom stereocenters. The highest BCUT2D eigenvalue weighted by atomic mass is 32.2. The number of ether oxygens (including phenoxy) is 1. The third kappa shape index (κ3) is 3.45. The highest BCUT2D eigenvalue weighted by Gasteiger charge is 2.42. The predicted molar refractivity (Wildman–Crippen MR) is 92.4 cm³/mol. The highest BCUT2D eigenvalue weighted by Crippen LogP contribution is 2.44. The Bertz CT molecular complexity index is 933. The van der Waals surface area contributed by atoms with Gasteiger partial charge in [-0.25, -0.2) is 13.6 Å². The lowest BCUT2D eigenvalue weighted by atomic mass is 9.86. The fraction of sp³-hybridized carbons (Fsp3) is 0.211. The molecule has 0 spiro atoms. The van der Waals surface area contributed by atoms with E-state index >= 15 is 0 Å². The molecule has 3 rings (SSSR count). The van der Waals surface area contributed by atoms with E-state index in [9.17, 15) is 22.3 Å². The van der Waals surface area contributed by atoms with Gasteiger partial charge in [0.2, 0.25) is 0 Å². The van der Waals surface area contributed by atoms with Gasteiger partial charge in [0.15, 0.2) is 0 Å². The molecule has 0 saturated heterocycles. The van der Waals surface area contributed by atoms with Gasteiger partial charge in [0.05, 0.1) is 5.57 Å². The molecular weight excluding hydrogens is 362 g/mol. The Labute approximate surface area is 151 Å². The molecule has 1 aliphatic rings. The summed E-state index contributed by atoms with van der Waals surface area (Å²) in [5.74, 6) is -2.04. The highest BCUT2D eigenvalue weighted by molar-refractivity contribution is 7.78. The molecule has 0 N–H and O–H groups in total. The standard InChI is InChI=1S/C19H16F2O4S/c1-19(2)17(14-8-3-11(9-15(14)21)10-26(23)24)16(18(22)25-19)12-4-6-13(20)7-5-12/h3-9H,10H2,1-2H3,(H,23,24)/p-1. The molecule has 2 aromatic carbocycles. The monoisotopic (exact) mass is 377 g/mol. The van der Waals surface area contributed by atoms with Gasteiger partial charge in [-0.1, -0.05) is 35.3 Å². The van der Waals surface area contributed by atoms with Crippen molar-refractivity contribution in [2.75, 3.05) is 0 Å². The Balaban J connectivity index is 2.19. The first-order chi connectivity index (χ1) is 12.2. The van der Waals surface area contributed by atoms with Crippen LogP contribution in [0.5, 0.6) is 0 Å². The van der Waals surface area contributed by atoms with Crippen LogP contribution in [0.3, 0.4) is 0 Å². The Morgan fingerprint density at radius 2 is 1.77 bits per heavy atom. The number of carbonyl (C=O) groups is 1. The summed E-state index contributed by atoms with van der Waals surface area (Å²) in [6.45, 7) is 3.27. The lowest BCUT2D eigenvalue weighted by molar-refractivity contribution is -0.141. The number of cyclic esters (lactones) is 1. The van der Waals surface area contributed by atoms with Crippen LogP contribution in [0.25, 0.3) is 11.1 Å². The molecule has 0 saturated carbocycles. The van der Waals surface area contributed by atoms with E-state index in [2.05, 4.69) is 0 Å². The maximum absolute atomic E-state index is 14.7. The second-order valence-electron chi connectivity index (χ2n) is 6.42. The average Bonchev–Trinajstić information content (AvgIpc) is 2.77. The molecule has 1 heterocycles. The number of esters is 1. The minimum absolute atomic E-state index is 0.139. The maximum Gasteiger partial charge on any atom is 0.340 e. The van der Waals surface area contributed by atoms with E-state index < -0.39 is 34.3 Å². The molecule has 4 nitrogen and oxygen atoms in total. The van der Waals surface area contributed by atoms with Crippen LogP contribution in [0.4, 0.5) is 8.78 Å². The van der Waals surface area contributed by atoms with Crippen molar-refractivity contribution in [2.45, 2.75) is 25.2 Å². The summed E-state index contributed by atoms with van der Waals surface area (Å²) in [5, 5.41) is 0. The van der Waals surface area contributed by atoms with Crippen LogP contribution in [0, 0.1) is 11.6 Å². The molecule has 0 fully saturated rings. The van der Waals surface area contributed by atoms with E-state index in [4.69, 9.17) is 4.74 Å². The summed E-state index contributed by atoms with van der Waals surface area (Å²) in [7, 11) is 0. The zero-order valence-electron chi connectivity index (χ0n) is 14.0. The second-order valence-corrected chi connectivity index (χ2v) is 7.32. The third-order valence-corrected chi connectivity index (χ3v) is 4.69. The SMILES string of the molecule is CC1(C)OC(=O)C(c2ccc(F)cc2)=C1c1ccc(CS(=O)[O-])cc1F. The van der Waals surface area contributed by atoms with Crippen molar-refractivity contribution in [2.24, 2.45) is 0 Å². The van der Waals surface area contributed by atoms with Crippen molar-refractivity contribution in [3.05, 3.63) is 70.8 Å². The van der Waals surface area contributed by atoms with Crippen LogP contribution in [-0.4, -0.2) is 20.3 Å². The largest absolute Gasteiger partial charge is 0.772 e. The summed E-state index contributed by atoms with van der Waals surface area (Å²) in [6.07, 6.45) is 0. The quantitative estimate of drug-likeness (QED) is 0.603. The molecule has 0 aromatic heterocycles. The van der Waals surface area contributed by atoms with Crippen LogP contribution < -0.4 is 0 Å². The second kappa shape index (κ2) is 6.74. The van der Waals surface area contributed by atoms with Crippen molar-refractivity contribution in [1.29, 1.82) is 0 Å². The molecule has 136 valence electrons. The van der Waals surface area contributed by atoms with Crippen LogP contribution in [0.1, 0.15) is 30.5 Å². The first kappa shape index (κ1) is 18.4. The van der Waals surface area contributed by atoms with Gasteiger partial charge in [0, 0.05) is 16.9 Å². The molecule has 0 aliphatic carbocycles. The lowest BCUT2D eigenvalue weighted by Crippen LogP contribution is -2.22. The molecular formula is C19H15F2O4S-. The molecule has 0 amide bonds. The summed E-state index contributed by atoms with van der Waals surface area (Å²) in [4.78, 5) is 12.4. The smallest absolute Gasteiger partial charge is 0.340 e. The normalized spacial score (nSPS) is 17.3. The van der Waals surface area contributed by atoms with Gasteiger partial charge in [0.25, 0.3) is 0 Å². The number of carbonyl (C=O) groups excluding carboxylic acids is 1. The summed E-state index contributed by atoms with van der Waals surface area (Å²) < 4.78 is 54.9. The van der Waals surface area contributed by atoms with Gasteiger partial charge in [-0.15, -0.1) is 0 Å². The van der Waals surface area contributed by atoms with Crippen molar-refractivity contribution in [3.63, 3.8) is 0 Å². The number of benzene rings is 2. The van der Waals surface area contributed by atoms with E-state index in [1.54, 1.807) is 13.8 Å². The number of hydrogen-bond acceptors (Lipinski definition) is 4. The first-order valence-electron chi connectivity index (χ1n) is 7.78. The Morgan fingerprint density at radius 3 is 2.35 bits per heavy atom. The fourth-order valence-electron chi connectivity index (χ4n) is 3.06. The van der Waals surface area contributed by atoms with E-state index in [0.29, 0.717) is 16.7 Å². The molecule has 0 radical (unpaired) electrons. The predicted octanol–water partition coefficient (Wildman–Crippen LogP) is 3.59. The lowest BCUT2D eigenvalue weighted by Gasteiger charge is -2.22. The molecule has 7 heteroatoms. The van der Waals surface area contributed by atoms with Gasteiger partial charge in [0.1, 0.15) is 17.2 Å². The fourth-order valence-corrected chi connectivity index (χ4v) is 3.51. The van der Waals surface area contributed by atoms with E-state index in [0.717, 1.165) is 6.07 Å². The summed E-state index contributed by atoms with van der Waals surface area (Å²) in [6, 6.07) is 9.32. The molecule has 1 atom stereocenters. The zero-order chi connectivity index (χ0) is 19.1. The van der Waals surface area contributed by atoms with E-state index in [-0.39, 0.29) is 16.9 Å². The van der Waals surface area contributed by atoms with E-state index in [1.807, 2.05) is 0 Å². The van der Waals surface area contributed by atoms with Gasteiger partial charge < -0.3 is 9.29 Å². The summed E-state index contributed by atoms with van der Waals surface area (Å²) in [5.41, 5.74) is 0.258. The third-order valence-electron chi connectivity index (χ3n) is 4.12. The van der Waals surface area contributed by atoms with Gasteiger partial charge in [-0.05, 0) is 43.2 Å². The van der Waals surface area contributed by atoms with Crippen LogP contribution >= 0.6 is 0 Å². The Hall–Kier alpha value is -2.38. The van der Waals surface area contributed by atoms with Gasteiger partial charge in [-0.2, -0.15) is 0 Å². The summed E-state index contributed by atoms with van der Waals surface area (Å²) >= 11 is -2.34. The average molecular weight is 377 g/mol. The Kier molecular flexibility index (Phi) is 4.77. The molecule has 26 heavy (non-hydrogen) atoms. The maximum atomic E-state index is 14.7. The van der Waals surface area contributed by atoms with Crippen LogP contribution in [-0.2, 0) is 26.4 Å². The minimum atomic E-state index is -2.34. The van der Waals surface area contributed by atoms with Crippen molar-refractivity contribution in [3.8, 4) is 0 Å². The number of rotatable bonds is 4. The van der Waals surface area contributed by atoms with E-state index in [1.165, 1.54) is 36.4 Å². The van der Waals surface area contributed by atoms with Crippen molar-refractivity contribution in [1.82, 2.24) is 0 Å². The van der Waals surface area contributed by atoms with Crippen molar-refractivity contribution >= 4 is 28.2 Å². The topological polar surface area (TPSA) is 66.4 Å². The molecule has 0 bridgehead atoms. The van der Waals surface area contributed by atoms with Crippen molar-refractivity contribution < 1.29 is 27.1 Å². The van der Waals surface area contributed by atoms with Gasteiger partial charge in [-0.3, -0.25) is 4.21 Å². The van der Waals surface area contributed by atoms with Crippen LogP contribution in [0.15, 0.2) is 42.5 Å². The number of halogens is 2. The molecule has 2 aromatic rings. The zero-order valence-corrected chi connectivity index (χ0v) is 14.9. The van der Waals surface area contributed by atoms with Crippen LogP contribution in [0.2, 0.25) is 0 Å². The first-order valence-corrected chi connectivity index (χ1v) is 9.02. The number of hydrogen-bond donors (Lipinski definition) is 0. The minimum Gasteiger partial charge on any atom is -0.772 e. The Morgan fingerprint density at radius 1 is 1.12 bits per heavy atom.